The van der Waals surface area contributed by atoms with Gasteiger partial charge in [-0.3, -0.25) is 4.99 Å². The van der Waals surface area contributed by atoms with Gasteiger partial charge in [0.15, 0.2) is 0 Å². The van der Waals surface area contributed by atoms with Gasteiger partial charge in [0.05, 0.1) is 12.1 Å². The smallest absolute Gasteiger partial charge is 0.110 e. The molecule has 0 saturated carbocycles. The van der Waals surface area contributed by atoms with Gasteiger partial charge in [-0.2, -0.15) is 0 Å². The Morgan fingerprint density at radius 1 is 1.31 bits per heavy atom. The second kappa shape index (κ2) is 4.94. The third-order valence-corrected chi connectivity index (χ3v) is 2.67. The van der Waals surface area contributed by atoms with E-state index in [0.717, 1.165) is 5.56 Å². The molecule has 3 nitrogen and oxygen atoms in total. The van der Waals surface area contributed by atoms with Crippen molar-refractivity contribution in [1.29, 1.82) is 0 Å². The van der Waals surface area contributed by atoms with Gasteiger partial charge >= 0.3 is 0 Å². The van der Waals surface area contributed by atoms with Crippen molar-refractivity contribution in [1.82, 2.24) is 4.90 Å². The highest BCUT2D eigenvalue weighted by atomic mass is 16.3. The molecule has 1 N–H and O–H groups in total. The quantitative estimate of drug-likeness (QED) is 0.838. The molecule has 2 rings (SSSR count). The van der Waals surface area contributed by atoms with Gasteiger partial charge < -0.3 is 10.0 Å². The summed E-state index contributed by atoms with van der Waals surface area (Å²) >= 11 is 0. The van der Waals surface area contributed by atoms with E-state index in [1.54, 1.807) is 6.21 Å². The standard InChI is InChI=1S/C13H16N2O/c1-11(16)13(12-6-3-2-4-7-12)15-9-5-8-14-10-15/h2-9,11,13,16H,10H2,1H3. The molecule has 2 unspecified atom stereocenters. The zero-order valence-corrected chi connectivity index (χ0v) is 9.32. The van der Waals surface area contributed by atoms with Crippen LogP contribution in [0, 0.1) is 0 Å². The first-order chi connectivity index (χ1) is 7.79. The van der Waals surface area contributed by atoms with E-state index in [4.69, 9.17) is 0 Å². The van der Waals surface area contributed by atoms with Crippen LogP contribution in [0.1, 0.15) is 18.5 Å². The zero-order valence-electron chi connectivity index (χ0n) is 9.32. The minimum absolute atomic E-state index is 0.0325. The summed E-state index contributed by atoms with van der Waals surface area (Å²) in [6, 6.07) is 9.98. The fourth-order valence-electron chi connectivity index (χ4n) is 1.98. The fraction of sp³-hybridized carbons (Fsp3) is 0.308. The molecule has 1 aromatic carbocycles. The molecule has 1 heterocycles. The summed E-state index contributed by atoms with van der Waals surface area (Å²) < 4.78 is 0. The first kappa shape index (κ1) is 10.9. The van der Waals surface area contributed by atoms with Gasteiger partial charge in [-0.1, -0.05) is 30.3 Å². The topological polar surface area (TPSA) is 35.8 Å². The van der Waals surface area contributed by atoms with E-state index in [2.05, 4.69) is 4.99 Å². The van der Waals surface area contributed by atoms with Gasteiger partial charge in [0, 0.05) is 12.4 Å². The van der Waals surface area contributed by atoms with E-state index in [-0.39, 0.29) is 6.04 Å². The first-order valence-corrected chi connectivity index (χ1v) is 5.44. The van der Waals surface area contributed by atoms with Gasteiger partial charge in [-0.25, -0.2) is 0 Å². The lowest BCUT2D eigenvalue weighted by molar-refractivity contribution is 0.0889. The molecular formula is C13H16N2O. The molecule has 0 amide bonds. The van der Waals surface area contributed by atoms with Crippen LogP contribution in [0.25, 0.3) is 0 Å². The van der Waals surface area contributed by atoms with E-state index in [0.29, 0.717) is 6.67 Å². The minimum atomic E-state index is -0.430. The predicted octanol–water partition coefficient (Wildman–Crippen LogP) is 1.97. The second-order valence-electron chi connectivity index (χ2n) is 3.92. The maximum absolute atomic E-state index is 9.89. The van der Waals surface area contributed by atoms with E-state index in [9.17, 15) is 5.11 Å². The maximum Gasteiger partial charge on any atom is 0.110 e. The summed E-state index contributed by atoms with van der Waals surface area (Å²) in [5.41, 5.74) is 1.11. The van der Waals surface area contributed by atoms with Crippen LogP contribution in [0.15, 0.2) is 47.6 Å². The Hall–Kier alpha value is -1.61. The summed E-state index contributed by atoms with van der Waals surface area (Å²) in [4.78, 5) is 6.23. The lowest BCUT2D eigenvalue weighted by atomic mass is 10.0. The molecule has 1 aliphatic rings. The van der Waals surface area contributed by atoms with Crippen LogP contribution < -0.4 is 0 Å². The molecule has 0 radical (unpaired) electrons. The average molecular weight is 216 g/mol. The number of benzene rings is 1. The number of hydrogen-bond acceptors (Lipinski definition) is 3. The van der Waals surface area contributed by atoms with E-state index < -0.39 is 6.10 Å². The Kier molecular flexibility index (Phi) is 3.37. The van der Waals surface area contributed by atoms with Crippen LogP contribution in [0.2, 0.25) is 0 Å². The van der Waals surface area contributed by atoms with Crippen molar-refractivity contribution >= 4 is 6.21 Å². The predicted molar refractivity (Wildman–Crippen MR) is 65.2 cm³/mol. The number of allylic oxidation sites excluding steroid dienone is 1. The van der Waals surface area contributed by atoms with Gasteiger partial charge in [-0.05, 0) is 18.6 Å². The summed E-state index contributed by atoms with van der Waals surface area (Å²) in [5.74, 6) is 0. The fourth-order valence-corrected chi connectivity index (χ4v) is 1.98. The van der Waals surface area contributed by atoms with Gasteiger partial charge in [0.2, 0.25) is 0 Å². The highest BCUT2D eigenvalue weighted by molar-refractivity contribution is 5.71. The number of aliphatic imine (C=N–C) groups is 1. The van der Waals surface area contributed by atoms with Gasteiger partial charge in [0.25, 0.3) is 0 Å². The van der Waals surface area contributed by atoms with Crippen molar-refractivity contribution in [2.24, 2.45) is 4.99 Å². The van der Waals surface area contributed by atoms with Crippen LogP contribution in [0.3, 0.4) is 0 Å². The van der Waals surface area contributed by atoms with Crippen LogP contribution in [0.4, 0.5) is 0 Å². The monoisotopic (exact) mass is 216 g/mol. The van der Waals surface area contributed by atoms with Crippen molar-refractivity contribution in [2.45, 2.75) is 19.1 Å². The van der Waals surface area contributed by atoms with E-state index in [1.807, 2.05) is 54.4 Å². The first-order valence-electron chi connectivity index (χ1n) is 5.44. The Morgan fingerprint density at radius 3 is 2.62 bits per heavy atom. The largest absolute Gasteiger partial charge is 0.391 e. The van der Waals surface area contributed by atoms with Crippen molar-refractivity contribution in [3.63, 3.8) is 0 Å². The molecule has 84 valence electrons. The SMILES string of the molecule is CC(O)C(c1ccccc1)N1C=CC=NC1. The molecule has 0 aliphatic carbocycles. The number of aliphatic hydroxyl groups excluding tert-OH is 1. The summed E-state index contributed by atoms with van der Waals surface area (Å²) in [7, 11) is 0. The van der Waals surface area contributed by atoms with Gasteiger partial charge in [0.1, 0.15) is 6.67 Å². The third-order valence-electron chi connectivity index (χ3n) is 2.67. The number of rotatable bonds is 3. The molecule has 0 bridgehead atoms. The van der Waals surface area contributed by atoms with E-state index >= 15 is 0 Å². The van der Waals surface area contributed by atoms with Crippen LogP contribution in [-0.2, 0) is 0 Å². The number of nitrogens with zero attached hydrogens (tertiary/aromatic N) is 2. The Bertz CT molecular complexity index is 384. The number of hydrogen-bond donors (Lipinski definition) is 1. The zero-order chi connectivity index (χ0) is 11.4. The van der Waals surface area contributed by atoms with Crippen LogP contribution in [0.5, 0.6) is 0 Å². The van der Waals surface area contributed by atoms with Crippen molar-refractivity contribution < 1.29 is 5.11 Å². The third kappa shape index (κ3) is 2.31. The molecule has 2 atom stereocenters. The Labute approximate surface area is 95.7 Å². The van der Waals surface area contributed by atoms with Crippen LogP contribution >= 0.6 is 0 Å². The second-order valence-corrected chi connectivity index (χ2v) is 3.92. The highest BCUT2D eigenvalue weighted by Crippen LogP contribution is 2.25. The summed E-state index contributed by atoms with van der Waals surface area (Å²) in [5, 5.41) is 9.89. The molecule has 0 spiro atoms. The maximum atomic E-state index is 9.89. The molecule has 0 aromatic heterocycles. The number of aliphatic hydroxyl groups is 1. The van der Waals surface area contributed by atoms with Crippen LogP contribution in [-0.4, -0.2) is 29.0 Å². The summed E-state index contributed by atoms with van der Waals surface area (Å²) in [6.45, 7) is 2.41. The minimum Gasteiger partial charge on any atom is -0.391 e. The Balaban J connectivity index is 2.24. The van der Waals surface area contributed by atoms with Crippen molar-refractivity contribution in [2.75, 3.05) is 6.67 Å². The lowest BCUT2D eigenvalue weighted by Gasteiger charge is -2.32. The van der Waals surface area contributed by atoms with Crippen molar-refractivity contribution in [3.05, 3.63) is 48.2 Å². The van der Waals surface area contributed by atoms with Gasteiger partial charge in [-0.15, -0.1) is 0 Å². The lowest BCUT2D eigenvalue weighted by Crippen LogP contribution is -2.32. The molecule has 3 heteroatoms. The normalized spacial score (nSPS) is 18.5. The molecule has 16 heavy (non-hydrogen) atoms. The molecule has 0 fully saturated rings. The van der Waals surface area contributed by atoms with Crippen molar-refractivity contribution in [3.8, 4) is 0 Å². The molecular weight excluding hydrogens is 200 g/mol. The van der Waals surface area contributed by atoms with E-state index in [1.165, 1.54) is 0 Å². The summed E-state index contributed by atoms with van der Waals surface area (Å²) in [6.07, 6.45) is 5.21. The molecule has 0 saturated heterocycles. The highest BCUT2D eigenvalue weighted by Gasteiger charge is 2.22. The Morgan fingerprint density at radius 2 is 2.06 bits per heavy atom. The molecule has 1 aromatic rings. The average Bonchev–Trinajstić information content (AvgIpc) is 2.31. The molecule has 1 aliphatic heterocycles.